The summed E-state index contributed by atoms with van der Waals surface area (Å²) in [5.41, 5.74) is 0.902. The van der Waals surface area contributed by atoms with E-state index in [2.05, 4.69) is 15.5 Å². The standard InChI is InChI=1S/C13H13Cl2N3OS/c14-7-1-2-12-17-18-13(20-12)16-11(19)8-9-3-5-10(15)6-4-9/h3-6H,1-2,7-8H2,(H,16,18,19). The number of carbonyl (C=O) groups is 1. The summed E-state index contributed by atoms with van der Waals surface area (Å²) < 4.78 is 0. The van der Waals surface area contributed by atoms with Gasteiger partial charge >= 0.3 is 0 Å². The molecule has 1 heterocycles. The first-order chi connectivity index (χ1) is 9.67. The molecular formula is C13H13Cl2N3OS. The SMILES string of the molecule is O=C(Cc1ccc(Cl)cc1)Nc1nnc(CCCCl)s1. The Kier molecular flexibility index (Phi) is 5.76. The number of amides is 1. The van der Waals surface area contributed by atoms with Crippen LogP contribution in [0.4, 0.5) is 5.13 Å². The highest BCUT2D eigenvalue weighted by Crippen LogP contribution is 2.17. The van der Waals surface area contributed by atoms with Gasteiger partial charge in [-0.3, -0.25) is 4.79 Å². The fraction of sp³-hybridized carbons (Fsp3) is 0.308. The first-order valence-corrected chi connectivity index (χ1v) is 7.83. The van der Waals surface area contributed by atoms with Crippen LogP contribution < -0.4 is 5.32 Å². The van der Waals surface area contributed by atoms with Crippen molar-refractivity contribution in [2.24, 2.45) is 0 Å². The number of alkyl halides is 1. The highest BCUT2D eigenvalue weighted by Gasteiger charge is 2.08. The second kappa shape index (κ2) is 7.57. The van der Waals surface area contributed by atoms with Gasteiger partial charge in [0.05, 0.1) is 6.42 Å². The van der Waals surface area contributed by atoms with Gasteiger partial charge < -0.3 is 5.32 Å². The highest BCUT2D eigenvalue weighted by atomic mass is 35.5. The van der Waals surface area contributed by atoms with Crippen molar-refractivity contribution >= 4 is 45.6 Å². The number of rotatable bonds is 6. The Labute approximate surface area is 131 Å². The molecule has 4 nitrogen and oxygen atoms in total. The second-order valence-corrected chi connectivity index (χ2v) is 6.02. The summed E-state index contributed by atoms with van der Waals surface area (Å²) in [6, 6.07) is 7.18. The molecule has 1 amide bonds. The van der Waals surface area contributed by atoms with E-state index in [1.54, 1.807) is 12.1 Å². The van der Waals surface area contributed by atoms with E-state index in [0.717, 1.165) is 23.4 Å². The fourth-order valence-corrected chi connectivity index (χ4v) is 2.63. The molecule has 0 aliphatic rings. The number of halogens is 2. The number of nitrogens with zero attached hydrogens (tertiary/aromatic N) is 2. The Balaban J connectivity index is 1.87. The molecule has 0 unspecified atom stereocenters. The van der Waals surface area contributed by atoms with Crippen LogP contribution in [0.15, 0.2) is 24.3 Å². The van der Waals surface area contributed by atoms with Gasteiger partial charge in [-0.15, -0.1) is 21.8 Å². The van der Waals surface area contributed by atoms with E-state index < -0.39 is 0 Å². The minimum atomic E-state index is -0.118. The van der Waals surface area contributed by atoms with Crippen LogP contribution in [0.1, 0.15) is 17.0 Å². The van der Waals surface area contributed by atoms with E-state index in [9.17, 15) is 4.79 Å². The first kappa shape index (κ1) is 15.2. The van der Waals surface area contributed by atoms with Crippen LogP contribution in [0.25, 0.3) is 0 Å². The lowest BCUT2D eigenvalue weighted by atomic mass is 10.1. The average Bonchev–Trinajstić information content (AvgIpc) is 2.86. The Morgan fingerprint density at radius 1 is 1.25 bits per heavy atom. The minimum absolute atomic E-state index is 0.118. The van der Waals surface area contributed by atoms with Crippen molar-refractivity contribution in [2.45, 2.75) is 19.3 Å². The van der Waals surface area contributed by atoms with Gasteiger partial charge in [-0.2, -0.15) is 0 Å². The number of benzene rings is 1. The van der Waals surface area contributed by atoms with E-state index in [1.165, 1.54) is 11.3 Å². The molecule has 0 fully saturated rings. The van der Waals surface area contributed by atoms with E-state index in [4.69, 9.17) is 23.2 Å². The van der Waals surface area contributed by atoms with Gasteiger partial charge in [0.25, 0.3) is 0 Å². The lowest BCUT2D eigenvalue weighted by Gasteiger charge is -2.01. The molecule has 0 spiro atoms. The monoisotopic (exact) mass is 329 g/mol. The van der Waals surface area contributed by atoms with Crippen LogP contribution in [-0.4, -0.2) is 22.0 Å². The number of hydrogen-bond acceptors (Lipinski definition) is 4. The molecule has 106 valence electrons. The lowest BCUT2D eigenvalue weighted by Crippen LogP contribution is -2.14. The van der Waals surface area contributed by atoms with Gasteiger partial charge in [0.15, 0.2) is 0 Å². The largest absolute Gasteiger partial charge is 0.300 e. The Morgan fingerprint density at radius 3 is 2.70 bits per heavy atom. The van der Waals surface area contributed by atoms with Crippen molar-refractivity contribution in [3.63, 3.8) is 0 Å². The topological polar surface area (TPSA) is 54.9 Å². The molecule has 20 heavy (non-hydrogen) atoms. The van der Waals surface area contributed by atoms with Crippen molar-refractivity contribution in [1.82, 2.24) is 10.2 Å². The molecule has 0 saturated carbocycles. The van der Waals surface area contributed by atoms with E-state index >= 15 is 0 Å². The maximum atomic E-state index is 11.9. The summed E-state index contributed by atoms with van der Waals surface area (Å²) in [6.07, 6.45) is 1.93. The Hall–Kier alpha value is -1.17. The normalized spacial score (nSPS) is 10.5. The molecule has 2 rings (SSSR count). The molecule has 0 saturated heterocycles. The van der Waals surface area contributed by atoms with Crippen molar-refractivity contribution in [3.05, 3.63) is 39.9 Å². The zero-order chi connectivity index (χ0) is 14.4. The van der Waals surface area contributed by atoms with E-state index in [-0.39, 0.29) is 12.3 Å². The van der Waals surface area contributed by atoms with Gasteiger partial charge in [-0.1, -0.05) is 35.1 Å². The second-order valence-electron chi connectivity index (χ2n) is 4.14. The molecule has 1 aromatic heterocycles. The van der Waals surface area contributed by atoms with Gasteiger partial charge in [0, 0.05) is 17.3 Å². The zero-order valence-corrected chi connectivity index (χ0v) is 12.9. The van der Waals surface area contributed by atoms with Gasteiger partial charge in [-0.25, -0.2) is 0 Å². The molecule has 0 aliphatic carbocycles. The predicted molar refractivity (Wildman–Crippen MR) is 82.7 cm³/mol. The van der Waals surface area contributed by atoms with Crippen LogP contribution in [0.5, 0.6) is 0 Å². The number of aromatic nitrogens is 2. The van der Waals surface area contributed by atoms with Gasteiger partial charge in [0.2, 0.25) is 11.0 Å². The molecule has 0 bridgehead atoms. The molecule has 7 heteroatoms. The van der Waals surface area contributed by atoms with Crippen molar-refractivity contribution in [3.8, 4) is 0 Å². The maximum Gasteiger partial charge on any atom is 0.230 e. The number of hydrogen-bond donors (Lipinski definition) is 1. The maximum absolute atomic E-state index is 11.9. The summed E-state index contributed by atoms with van der Waals surface area (Å²) in [4.78, 5) is 11.9. The third-order valence-corrected chi connectivity index (χ3v) is 3.93. The quantitative estimate of drug-likeness (QED) is 0.824. The summed E-state index contributed by atoms with van der Waals surface area (Å²) in [7, 11) is 0. The number of nitrogens with one attached hydrogen (secondary N) is 1. The summed E-state index contributed by atoms with van der Waals surface area (Å²) >= 11 is 12.8. The predicted octanol–water partition coefficient (Wildman–Crippen LogP) is 3.54. The van der Waals surface area contributed by atoms with E-state index in [0.29, 0.717) is 16.0 Å². The van der Waals surface area contributed by atoms with Crippen LogP contribution in [-0.2, 0) is 17.6 Å². The number of aryl methyl sites for hydroxylation is 1. The molecule has 0 atom stereocenters. The van der Waals surface area contributed by atoms with Gasteiger partial charge in [-0.05, 0) is 24.1 Å². The van der Waals surface area contributed by atoms with Crippen LogP contribution in [0.2, 0.25) is 5.02 Å². The molecule has 1 aromatic carbocycles. The van der Waals surface area contributed by atoms with Crippen LogP contribution in [0.3, 0.4) is 0 Å². The molecular weight excluding hydrogens is 317 g/mol. The first-order valence-electron chi connectivity index (χ1n) is 6.10. The third-order valence-electron chi connectivity index (χ3n) is 2.52. The lowest BCUT2D eigenvalue weighted by molar-refractivity contribution is -0.115. The highest BCUT2D eigenvalue weighted by molar-refractivity contribution is 7.15. The smallest absolute Gasteiger partial charge is 0.230 e. The molecule has 1 N–H and O–H groups in total. The zero-order valence-electron chi connectivity index (χ0n) is 10.6. The van der Waals surface area contributed by atoms with E-state index in [1.807, 2.05) is 12.1 Å². The molecule has 2 aromatic rings. The Bertz CT molecular complexity index is 571. The van der Waals surface area contributed by atoms with Crippen LogP contribution in [0, 0.1) is 0 Å². The molecule has 0 aliphatic heterocycles. The summed E-state index contributed by atoms with van der Waals surface area (Å²) in [6.45, 7) is 0. The third kappa shape index (κ3) is 4.74. The fourth-order valence-electron chi connectivity index (χ4n) is 1.57. The number of anilines is 1. The van der Waals surface area contributed by atoms with Crippen molar-refractivity contribution in [2.75, 3.05) is 11.2 Å². The Morgan fingerprint density at radius 2 is 2.00 bits per heavy atom. The average molecular weight is 330 g/mol. The van der Waals surface area contributed by atoms with Gasteiger partial charge in [0.1, 0.15) is 5.01 Å². The number of carbonyl (C=O) groups excluding carboxylic acids is 1. The minimum Gasteiger partial charge on any atom is -0.300 e. The van der Waals surface area contributed by atoms with Crippen molar-refractivity contribution < 1.29 is 4.79 Å². The molecule has 0 radical (unpaired) electrons. The van der Waals surface area contributed by atoms with Crippen LogP contribution >= 0.6 is 34.5 Å². The summed E-state index contributed by atoms with van der Waals surface area (Å²) in [5.74, 6) is 0.477. The van der Waals surface area contributed by atoms with Crippen molar-refractivity contribution in [1.29, 1.82) is 0 Å². The summed E-state index contributed by atoms with van der Waals surface area (Å²) in [5, 5.41) is 12.7.